The van der Waals surface area contributed by atoms with Crippen LogP contribution in [0.25, 0.3) is 6.08 Å². The lowest BCUT2D eigenvalue weighted by Gasteiger charge is -2.14. The second-order valence-electron chi connectivity index (χ2n) is 4.88. The van der Waals surface area contributed by atoms with Gasteiger partial charge in [0.2, 0.25) is 11.7 Å². The van der Waals surface area contributed by atoms with Crippen molar-refractivity contribution in [2.24, 2.45) is 0 Å². The number of carbonyl (C=O) groups is 1. The number of rotatable bonds is 7. The van der Waals surface area contributed by atoms with E-state index in [1.807, 2.05) is 12.3 Å². The Kier molecular flexibility index (Phi) is 6.20. The van der Waals surface area contributed by atoms with E-state index in [0.29, 0.717) is 23.8 Å². The number of amides is 1. The number of methoxy groups -OCH3 is 3. The van der Waals surface area contributed by atoms with Crippen molar-refractivity contribution >= 4 is 23.3 Å². The second kappa shape index (κ2) is 8.35. The van der Waals surface area contributed by atoms with Crippen LogP contribution in [0.15, 0.2) is 23.6 Å². The molecule has 128 valence electrons. The highest BCUT2D eigenvalue weighted by Crippen LogP contribution is 2.38. The molecule has 1 aromatic carbocycles. The standard InChI is InChI=1S/C17H20N2O4S/c1-11-19-13(10-24-11)5-6-16(20)18-9-12-7-14(21-2)17(23-4)15(8-12)22-3/h5-8,10H,9H2,1-4H3,(H,18,20)/b6-5+. The minimum absolute atomic E-state index is 0.200. The molecular weight excluding hydrogens is 328 g/mol. The fourth-order valence-corrected chi connectivity index (χ4v) is 2.68. The van der Waals surface area contributed by atoms with Gasteiger partial charge in [-0.2, -0.15) is 0 Å². The van der Waals surface area contributed by atoms with E-state index in [0.717, 1.165) is 16.3 Å². The largest absolute Gasteiger partial charge is 0.493 e. The Bertz CT molecular complexity index is 715. The zero-order chi connectivity index (χ0) is 17.5. The molecule has 24 heavy (non-hydrogen) atoms. The molecule has 1 N–H and O–H groups in total. The maximum Gasteiger partial charge on any atom is 0.244 e. The lowest BCUT2D eigenvalue weighted by atomic mass is 10.1. The molecule has 0 radical (unpaired) electrons. The van der Waals surface area contributed by atoms with Crippen LogP contribution < -0.4 is 19.5 Å². The predicted octanol–water partition coefficient (Wildman–Crippen LogP) is 2.81. The van der Waals surface area contributed by atoms with Crippen molar-refractivity contribution in [3.8, 4) is 17.2 Å². The van der Waals surface area contributed by atoms with Crippen molar-refractivity contribution in [2.75, 3.05) is 21.3 Å². The molecule has 0 saturated heterocycles. The first-order valence-corrected chi connectivity index (χ1v) is 8.12. The third-order valence-corrected chi connectivity index (χ3v) is 4.03. The summed E-state index contributed by atoms with van der Waals surface area (Å²) in [6, 6.07) is 3.60. The molecule has 0 aliphatic heterocycles. The second-order valence-corrected chi connectivity index (χ2v) is 5.94. The summed E-state index contributed by atoms with van der Waals surface area (Å²) in [6.45, 7) is 2.27. The summed E-state index contributed by atoms with van der Waals surface area (Å²) < 4.78 is 15.9. The van der Waals surface area contributed by atoms with Gasteiger partial charge in [0.25, 0.3) is 0 Å². The summed E-state index contributed by atoms with van der Waals surface area (Å²) in [5, 5.41) is 5.68. The molecule has 0 unspecified atom stereocenters. The molecule has 7 heteroatoms. The maximum atomic E-state index is 11.9. The first kappa shape index (κ1) is 17.8. The van der Waals surface area contributed by atoms with E-state index in [-0.39, 0.29) is 5.91 Å². The van der Waals surface area contributed by atoms with E-state index >= 15 is 0 Å². The molecule has 6 nitrogen and oxygen atoms in total. The Morgan fingerprint density at radius 2 is 1.88 bits per heavy atom. The lowest BCUT2D eigenvalue weighted by molar-refractivity contribution is -0.116. The average molecular weight is 348 g/mol. The fraction of sp³-hybridized carbons (Fsp3) is 0.294. The quantitative estimate of drug-likeness (QED) is 0.779. The number of nitrogens with one attached hydrogen (secondary N) is 1. The van der Waals surface area contributed by atoms with Crippen molar-refractivity contribution in [1.82, 2.24) is 10.3 Å². The Hall–Kier alpha value is -2.54. The maximum absolute atomic E-state index is 11.9. The van der Waals surface area contributed by atoms with Gasteiger partial charge >= 0.3 is 0 Å². The molecule has 0 aliphatic rings. The Morgan fingerprint density at radius 1 is 1.21 bits per heavy atom. The molecule has 0 fully saturated rings. The number of hydrogen-bond acceptors (Lipinski definition) is 6. The van der Waals surface area contributed by atoms with Crippen molar-refractivity contribution in [3.63, 3.8) is 0 Å². The first-order chi connectivity index (χ1) is 11.6. The highest BCUT2D eigenvalue weighted by molar-refractivity contribution is 7.09. The number of thiazole rings is 1. The Balaban J connectivity index is 2.03. The van der Waals surface area contributed by atoms with Crippen molar-refractivity contribution < 1.29 is 19.0 Å². The lowest BCUT2D eigenvalue weighted by Crippen LogP contribution is -2.20. The molecule has 0 spiro atoms. The summed E-state index contributed by atoms with van der Waals surface area (Å²) in [4.78, 5) is 16.2. The highest BCUT2D eigenvalue weighted by atomic mass is 32.1. The number of hydrogen-bond donors (Lipinski definition) is 1. The van der Waals surface area contributed by atoms with Crippen molar-refractivity contribution in [1.29, 1.82) is 0 Å². The van der Waals surface area contributed by atoms with Gasteiger partial charge in [-0.1, -0.05) is 0 Å². The molecule has 0 bridgehead atoms. The number of nitrogens with zero attached hydrogens (tertiary/aromatic N) is 1. The van der Waals surface area contributed by atoms with Crippen LogP contribution in [0.3, 0.4) is 0 Å². The minimum atomic E-state index is -0.200. The minimum Gasteiger partial charge on any atom is -0.493 e. The summed E-state index contributed by atoms with van der Waals surface area (Å²) in [7, 11) is 4.66. The molecule has 1 aromatic heterocycles. The van der Waals surface area contributed by atoms with Crippen molar-refractivity contribution in [3.05, 3.63) is 39.9 Å². The molecule has 2 rings (SSSR count). The van der Waals surface area contributed by atoms with E-state index in [4.69, 9.17) is 14.2 Å². The van der Waals surface area contributed by atoms with Gasteiger partial charge in [0, 0.05) is 18.0 Å². The van der Waals surface area contributed by atoms with E-state index in [1.165, 1.54) is 6.08 Å². The molecule has 1 amide bonds. The van der Waals surface area contributed by atoms with Crippen LogP contribution in [-0.4, -0.2) is 32.2 Å². The Labute approximate surface area is 145 Å². The van der Waals surface area contributed by atoms with Crippen LogP contribution in [0, 0.1) is 6.92 Å². The molecule has 1 heterocycles. The Morgan fingerprint density at radius 3 is 2.38 bits per heavy atom. The summed E-state index contributed by atoms with van der Waals surface area (Å²) in [5.74, 6) is 1.42. The van der Waals surface area contributed by atoms with Crippen molar-refractivity contribution in [2.45, 2.75) is 13.5 Å². The molecular formula is C17H20N2O4S. The highest BCUT2D eigenvalue weighted by Gasteiger charge is 2.13. The average Bonchev–Trinajstić information content (AvgIpc) is 3.02. The smallest absolute Gasteiger partial charge is 0.244 e. The molecule has 2 aromatic rings. The summed E-state index contributed by atoms with van der Waals surface area (Å²) >= 11 is 1.54. The first-order valence-electron chi connectivity index (χ1n) is 7.24. The van der Waals surface area contributed by atoms with E-state index in [1.54, 1.807) is 50.9 Å². The van der Waals surface area contributed by atoms with Crippen LogP contribution in [0.2, 0.25) is 0 Å². The zero-order valence-corrected chi connectivity index (χ0v) is 14.9. The zero-order valence-electron chi connectivity index (χ0n) is 14.1. The topological polar surface area (TPSA) is 69.7 Å². The fourth-order valence-electron chi connectivity index (χ4n) is 2.10. The van der Waals surface area contributed by atoms with Gasteiger partial charge in [0.05, 0.1) is 32.0 Å². The predicted molar refractivity (Wildman–Crippen MR) is 93.8 cm³/mol. The van der Waals surface area contributed by atoms with Crippen LogP contribution in [-0.2, 0) is 11.3 Å². The monoisotopic (exact) mass is 348 g/mol. The summed E-state index contributed by atoms with van der Waals surface area (Å²) in [6.07, 6.45) is 3.15. The number of benzene rings is 1. The van der Waals surface area contributed by atoms with Gasteiger partial charge in [-0.05, 0) is 30.7 Å². The van der Waals surface area contributed by atoms with Gasteiger partial charge in [-0.3, -0.25) is 4.79 Å². The molecule has 0 saturated carbocycles. The van der Waals surface area contributed by atoms with Gasteiger partial charge in [0.1, 0.15) is 0 Å². The van der Waals surface area contributed by atoms with Gasteiger partial charge < -0.3 is 19.5 Å². The van der Waals surface area contributed by atoms with Crippen LogP contribution >= 0.6 is 11.3 Å². The third kappa shape index (κ3) is 4.48. The van der Waals surface area contributed by atoms with Gasteiger partial charge in [-0.25, -0.2) is 4.98 Å². The van der Waals surface area contributed by atoms with Gasteiger partial charge in [-0.15, -0.1) is 11.3 Å². The number of carbonyl (C=O) groups excluding carboxylic acids is 1. The van der Waals surface area contributed by atoms with E-state index in [9.17, 15) is 4.79 Å². The normalized spacial score (nSPS) is 10.7. The van der Waals surface area contributed by atoms with Gasteiger partial charge in [0.15, 0.2) is 11.5 Å². The molecule has 0 atom stereocenters. The number of aromatic nitrogens is 1. The van der Waals surface area contributed by atoms with Crippen LogP contribution in [0.5, 0.6) is 17.2 Å². The third-order valence-electron chi connectivity index (χ3n) is 3.23. The number of aryl methyl sites for hydroxylation is 1. The van der Waals surface area contributed by atoms with Crippen LogP contribution in [0.1, 0.15) is 16.3 Å². The van der Waals surface area contributed by atoms with E-state index in [2.05, 4.69) is 10.3 Å². The molecule has 0 aliphatic carbocycles. The number of ether oxygens (including phenoxy) is 3. The summed E-state index contributed by atoms with van der Waals surface area (Å²) in [5.41, 5.74) is 1.62. The van der Waals surface area contributed by atoms with E-state index < -0.39 is 0 Å². The van der Waals surface area contributed by atoms with Crippen LogP contribution in [0.4, 0.5) is 0 Å². The SMILES string of the molecule is COc1cc(CNC(=O)/C=C/c2csc(C)n2)cc(OC)c1OC.